The average molecular weight is 206 g/mol. The van der Waals surface area contributed by atoms with E-state index in [0.717, 1.165) is 23.0 Å². The van der Waals surface area contributed by atoms with Crippen LogP contribution in [0.4, 0.5) is 0 Å². The first kappa shape index (κ1) is 10.1. The molecule has 0 aliphatic heterocycles. The first-order chi connectivity index (χ1) is 7.35. The van der Waals surface area contributed by atoms with E-state index in [0.29, 0.717) is 6.61 Å². The third kappa shape index (κ3) is 2.00. The van der Waals surface area contributed by atoms with Gasteiger partial charge in [0.05, 0.1) is 31.5 Å². The van der Waals surface area contributed by atoms with E-state index in [1.165, 1.54) is 0 Å². The fourth-order valence-corrected chi connectivity index (χ4v) is 1.57. The van der Waals surface area contributed by atoms with Crippen molar-refractivity contribution in [3.05, 3.63) is 30.0 Å². The number of benzene rings is 1. The second-order valence-corrected chi connectivity index (χ2v) is 3.41. The van der Waals surface area contributed by atoms with Crippen LogP contribution >= 0.6 is 0 Å². The van der Waals surface area contributed by atoms with Crippen LogP contribution < -0.4 is 0 Å². The van der Waals surface area contributed by atoms with E-state index in [4.69, 9.17) is 9.84 Å². The Morgan fingerprint density at radius 2 is 2.33 bits per heavy atom. The van der Waals surface area contributed by atoms with Crippen LogP contribution in [0.15, 0.2) is 24.4 Å². The SMILES string of the molecule is COCCn1ncc2ccc(CO)cc21. The van der Waals surface area contributed by atoms with Crippen molar-refractivity contribution in [2.45, 2.75) is 13.2 Å². The topological polar surface area (TPSA) is 47.3 Å². The summed E-state index contributed by atoms with van der Waals surface area (Å²) >= 11 is 0. The van der Waals surface area contributed by atoms with E-state index < -0.39 is 0 Å². The molecule has 0 aliphatic carbocycles. The largest absolute Gasteiger partial charge is 0.392 e. The number of hydrogen-bond donors (Lipinski definition) is 1. The van der Waals surface area contributed by atoms with Gasteiger partial charge < -0.3 is 9.84 Å². The van der Waals surface area contributed by atoms with Crippen LogP contribution in [0, 0.1) is 0 Å². The zero-order valence-electron chi connectivity index (χ0n) is 8.68. The van der Waals surface area contributed by atoms with Gasteiger partial charge in [-0.3, -0.25) is 4.68 Å². The molecule has 0 bridgehead atoms. The van der Waals surface area contributed by atoms with E-state index >= 15 is 0 Å². The van der Waals surface area contributed by atoms with Gasteiger partial charge in [-0.05, 0) is 11.6 Å². The predicted octanol–water partition coefficient (Wildman–Crippen LogP) is 1.17. The lowest BCUT2D eigenvalue weighted by Crippen LogP contribution is -2.05. The monoisotopic (exact) mass is 206 g/mol. The number of ether oxygens (including phenoxy) is 1. The van der Waals surface area contributed by atoms with E-state index in [9.17, 15) is 0 Å². The maximum atomic E-state index is 9.05. The normalized spacial score (nSPS) is 11.1. The molecule has 2 rings (SSSR count). The number of hydrogen-bond acceptors (Lipinski definition) is 3. The summed E-state index contributed by atoms with van der Waals surface area (Å²) in [6, 6.07) is 5.83. The number of methoxy groups -OCH3 is 1. The number of fused-ring (bicyclic) bond motifs is 1. The molecular weight excluding hydrogens is 192 g/mol. The maximum Gasteiger partial charge on any atom is 0.0687 e. The molecule has 1 aromatic heterocycles. The summed E-state index contributed by atoms with van der Waals surface area (Å²) in [7, 11) is 1.67. The summed E-state index contributed by atoms with van der Waals surface area (Å²) in [5, 5.41) is 14.4. The van der Waals surface area contributed by atoms with Crippen LogP contribution in [0.25, 0.3) is 10.9 Å². The third-order valence-electron chi connectivity index (χ3n) is 2.40. The van der Waals surface area contributed by atoms with Crippen LogP contribution in [-0.2, 0) is 17.9 Å². The van der Waals surface area contributed by atoms with Crippen molar-refractivity contribution in [3.8, 4) is 0 Å². The molecule has 1 aromatic carbocycles. The molecule has 0 spiro atoms. The van der Waals surface area contributed by atoms with Crippen LogP contribution in [0.5, 0.6) is 0 Å². The van der Waals surface area contributed by atoms with Crippen LogP contribution in [-0.4, -0.2) is 28.6 Å². The minimum Gasteiger partial charge on any atom is -0.392 e. The smallest absolute Gasteiger partial charge is 0.0687 e. The van der Waals surface area contributed by atoms with Crippen molar-refractivity contribution >= 4 is 10.9 Å². The zero-order valence-corrected chi connectivity index (χ0v) is 8.68. The molecule has 0 amide bonds. The minimum atomic E-state index is 0.0609. The molecule has 0 saturated heterocycles. The van der Waals surface area contributed by atoms with Gasteiger partial charge >= 0.3 is 0 Å². The molecule has 4 nitrogen and oxygen atoms in total. The van der Waals surface area contributed by atoms with Crippen LogP contribution in [0.3, 0.4) is 0 Å². The van der Waals surface area contributed by atoms with Gasteiger partial charge in [-0.2, -0.15) is 5.10 Å². The standard InChI is InChI=1S/C11H14N2O2/c1-15-5-4-13-11-6-9(8-14)2-3-10(11)7-12-13/h2-3,6-7,14H,4-5,8H2,1H3. The molecule has 0 fully saturated rings. The number of rotatable bonds is 4. The van der Waals surface area contributed by atoms with Gasteiger partial charge in [0, 0.05) is 12.5 Å². The van der Waals surface area contributed by atoms with E-state index in [1.807, 2.05) is 29.1 Å². The Hall–Kier alpha value is -1.39. The van der Waals surface area contributed by atoms with Crippen molar-refractivity contribution in [1.82, 2.24) is 9.78 Å². The second-order valence-electron chi connectivity index (χ2n) is 3.41. The van der Waals surface area contributed by atoms with Gasteiger partial charge in [-0.1, -0.05) is 12.1 Å². The van der Waals surface area contributed by atoms with E-state index in [1.54, 1.807) is 7.11 Å². The molecule has 2 aromatic rings. The maximum absolute atomic E-state index is 9.05. The minimum absolute atomic E-state index is 0.0609. The number of nitrogens with zero attached hydrogens (tertiary/aromatic N) is 2. The first-order valence-electron chi connectivity index (χ1n) is 4.89. The van der Waals surface area contributed by atoms with Gasteiger partial charge in [0.15, 0.2) is 0 Å². The van der Waals surface area contributed by atoms with E-state index in [-0.39, 0.29) is 6.61 Å². The Morgan fingerprint density at radius 1 is 1.47 bits per heavy atom. The number of aliphatic hydroxyl groups is 1. The third-order valence-corrected chi connectivity index (χ3v) is 2.40. The molecule has 4 heteroatoms. The molecule has 0 aliphatic rings. The quantitative estimate of drug-likeness (QED) is 0.817. The van der Waals surface area contributed by atoms with Crippen molar-refractivity contribution < 1.29 is 9.84 Å². The fraction of sp³-hybridized carbons (Fsp3) is 0.364. The fourth-order valence-electron chi connectivity index (χ4n) is 1.57. The number of aromatic nitrogens is 2. The van der Waals surface area contributed by atoms with Gasteiger partial charge in [-0.25, -0.2) is 0 Å². The molecule has 1 N–H and O–H groups in total. The highest BCUT2D eigenvalue weighted by Crippen LogP contribution is 2.15. The second kappa shape index (κ2) is 4.42. The first-order valence-corrected chi connectivity index (χ1v) is 4.89. The van der Waals surface area contributed by atoms with E-state index in [2.05, 4.69) is 5.10 Å². The average Bonchev–Trinajstić information content (AvgIpc) is 2.68. The van der Waals surface area contributed by atoms with Crippen molar-refractivity contribution in [1.29, 1.82) is 0 Å². The Kier molecular flexibility index (Phi) is 2.99. The van der Waals surface area contributed by atoms with Gasteiger partial charge in [0.1, 0.15) is 0 Å². The Morgan fingerprint density at radius 3 is 3.07 bits per heavy atom. The van der Waals surface area contributed by atoms with Crippen LogP contribution in [0.1, 0.15) is 5.56 Å². The molecule has 0 unspecified atom stereocenters. The number of aliphatic hydroxyl groups excluding tert-OH is 1. The van der Waals surface area contributed by atoms with Crippen LogP contribution in [0.2, 0.25) is 0 Å². The van der Waals surface area contributed by atoms with Crippen molar-refractivity contribution in [2.24, 2.45) is 0 Å². The summed E-state index contributed by atoms with van der Waals surface area (Å²) in [4.78, 5) is 0. The van der Waals surface area contributed by atoms with Gasteiger partial charge in [-0.15, -0.1) is 0 Å². The molecule has 80 valence electrons. The molecule has 1 heterocycles. The van der Waals surface area contributed by atoms with Crippen molar-refractivity contribution in [2.75, 3.05) is 13.7 Å². The molecule has 15 heavy (non-hydrogen) atoms. The Bertz CT molecular complexity index is 451. The Balaban J connectivity index is 2.38. The van der Waals surface area contributed by atoms with Crippen molar-refractivity contribution in [3.63, 3.8) is 0 Å². The summed E-state index contributed by atoms with van der Waals surface area (Å²) in [6.07, 6.45) is 1.83. The molecule has 0 atom stereocenters. The Labute approximate surface area is 88.1 Å². The zero-order chi connectivity index (χ0) is 10.7. The highest BCUT2D eigenvalue weighted by Gasteiger charge is 2.02. The lowest BCUT2D eigenvalue weighted by atomic mass is 10.2. The summed E-state index contributed by atoms with van der Waals surface area (Å²) in [5.74, 6) is 0. The lowest BCUT2D eigenvalue weighted by molar-refractivity contribution is 0.185. The predicted molar refractivity (Wildman–Crippen MR) is 57.5 cm³/mol. The summed E-state index contributed by atoms with van der Waals surface area (Å²) in [5.41, 5.74) is 1.94. The van der Waals surface area contributed by atoms with Gasteiger partial charge in [0.25, 0.3) is 0 Å². The van der Waals surface area contributed by atoms with Gasteiger partial charge in [0.2, 0.25) is 0 Å². The molecule has 0 saturated carbocycles. The highest BCUT2D eigenvalue weighted by atomic mass is 16.5. The highest BCUT2D eigenvalue weighted by molar-refractivity contribution is 5.79. The molecule has 0 radical (unpaired) electrons. The summed E-state index contributed by atoms with van der Waals surface area (Å²) < 4.78 is 6.90. The summed E-state index contributed by atoms with van der Waals surface area (Å²) in [6.45, 7) is 1.43. The molecular formula is C11H14N2O2. The lowest BCUT2D eigenvalue weighted by Gasteiger charge is -2.03.